The Morgan fingerprint density at radius 1 is 1.21 bits per heavy atom. The fourth-order valence-corrected chi connectivity index (χ4v) is 1.78. The van der Waals surface area contributed by atoms with Crippen molar-refractivity contribution in [2.45, 2.75) is 6.54 Å². The van der Waals surface area contributed by atoms with Gasteiger partial charge in [-0.3, -0.25) is 0 Å². The average Bonchev–Trinajstić information content (AvgIpc) is 2.47. The summed E-state index contributed by atoms with van der Waals surface area (Å²) in [6.07, 6.45) is 0. The van der Waals surface area contributed by atoms with Crippen LogP contribution in [0.3, 0.4) is 0 Å². The molecular formula is C15H15N3O. The number of nitriles is 1. The molecule has 0 N–H and O–H groups in total. The SMILES string of the molecule is COc1cccc(CN(C)c2ccc(C#N)cc2)n1. The summed E-state index contributed by atoms with van der Waals surface area (Å²) in [5.74, 6) is 0.616. The molecule has 0 bridgehead atoms. The van der Waals surface area contributed by atoms with E-state index in [1.165, 1.54) is 0 Å². The largest absolute Gasteiger partial charge is 0.481 e. The lowest BCUT2D eigenvalue weighted by Gasteiger charge is -2.19. The van der Waals surface area contributed by atoms with Crippen LogP contribution in [0, 0.1) is 11.3 Å². The van der Waals surface area contributed by atoms with Crippen LogP contribution < -0.4 is 9.64 Å². The molecular weight excluding hydrogens is 238 g/mol. The van der Waals surface area contributed by atoms with Crippen LogP contribution in [0.4, 0.5) is 5.69 Å². The summed E-state index contributed by atoms with van der Waals surface area (Å²) in [7, 11) is 3.60. The van der Waals surface area contributed by atoms with Crippen LogP contribution in [-0.2, 0) is 6.54 Å². The second-order valence-electron chi connectivity index (χ2n) is 4.19. The van der Waals surface area contributed by atoms with E-state index in [9.17, 15) is 0 Å². The normalized spacial score (nSPS) is 9.74. The molecule has 4 nitrogen and oxygen atoms in total. The zero-order valence-electron chi connectivity index (χ0n) is 11.0. The molecule has 0 aliphatic rings. The van der Waals surface area contributed by atoms with E-state index >= 15 is 0 Å². The minimum Gasteiger partial charge on any atom is -0.481 e. The molecule has 0 amide bonds. The molecule has 0 saturated heterocycles. The van der Waals surface area contributed by atoms with Gasteiger partial charge in [0.15, 0.2) is 0 Å². The van der Waals surface area contributed by atoms with Crippen LogP contribution in [0.25, 0.3) is 0 Å². The molecule has 1 heterocycles. The maximum Gasteiger partial charge on any atom is 0.213 e. The summed E-state index contributed by atoms with van der Waals surface area (Å²) in [5.41, 5.74) is 2.64. The second kappa shape index (κ2) is 5.87. The Balaban J connectivity index is 2.11. The third kappa shape index (κ3) is 3.23. The number of pyridine rings is 1. The molecule has 1 aromatic heterocycles. The standard InChI is InChI=1S/C15H15N3O/c1-18(14-8-6-12(10-16)7-9-14)11-13-4-3-5-15(17-13)19-2/h3-9H,11H2,1-2H3. The van der Waals surface area contributed by atoms with Crippen molar-refractivity contribution in [3.05, 3.63) is 53.7 Å². The van der Waals surface area contributed by atoms with Crippen molar-refractivity contribution >= 4 is 5.69 Å². The maximum absolute atomic E-state index is 8.77. The van der Waals surface area contributed by atoms with Gasteiger partial charge in [0.2, 0.25) is 5.88 Å². The fourth-order valence-electron chi connectivity index (χ4n) is 1.78. The third-order valence-corrected chi connectivity index (χ3v) is 2.83. The number of nitrogens with zero attached hydrogens (tertiary/aromatic N) is 3. The van der Waals surface area contributed by atoms with Gasteiger partial charge in [0.05, 0.1) is 31.0 Å². The van der Waals surface area contributed by atoms with Gasteiger partial charge >= 0.3 is 0 Å². The van der Waals surface area contributed by atoms with Crippen molar-refractivity contribution in [3.8, 4) is 11.9 Å². The monoisotopic (exact) mass is 253 g/mol. The summed E-state index contributed by atoms with van der Waals surface area (Å²) < 4.78 is 5.11. The van der Waals surface area contributed by atoms with Crippen molar-refractivity contribution in [2.75, 3.05) is 19.1 Å². The molecule has 0 fully saturated rings. The van der Waals surface area contributed by atoms with E-state index in [4.69, 9.17) is 10.00 Å². The molecule has 0 spiro atoms. The van der Waals surface area contributed by atoms with E-state index in [-0.39, 0.29) is 0 Å². The van der Waals surface area contributed by atoms with Crippen molar-refractivity contribution in [1.29, 1.82) is 5.26 Å². The van der Waals surface area contributed by atoms with E-state index in [0.717, 1.165) is 11.4 Å². The summed E-state index contributed by atoms with van der Waals surface area (Å²) in [6.45, 7) is 0.684. The number of ether oxygens (including phenoxy) is 1. The average molecular weight is 253 g/mol. The molecule has 0 aliphatic heterocycles. The van der Waals surface area contributed by atoms with Gasteiger partial charge in [-0.1, -0.05) is 6.07 Å². The van der Waals surface area contributed by atoms with Gasteiger partial charge in [0.1, 0.15) is 0 Å². The predicted octanol–water partition coefficient (Wildman–Crippen LogP) is 2.60. The van der Waals surface area contributed by atoms with E-state index in [1.54, 1.807) is 7.11 Å². The van der Waals surface area contributed by atoms with Crippen LogP contribution in [0.15, 0.2) is 42.5 Å². The fraction of sp³-hybridized carbons (Fsp3) is 0.200. The summed E-state index contributed by atoms with van der Waals surface area (Å²) in [5, 5.41) is 8.77. The molecule has 4 heteroatoms. The number of benzene rings is 1. The van der Waals surface area contributed by atoms with Crippen LogP contribution in [-0.4, -0.2) is 19.1 Å². The molecule has 96 valence electrons. The smallest absolute Gasteiger partial charge is 0.213 e. The Morgan fingerprint density at radius 2 is 1.95 bits per heavy atom. The van der Waals surface area contributed by atoms with E-state index in [2.05, 4.69) is 16.0 Å². The lowest BCUT2D eigenvalue weighted by molar-refractivity contribution is 0.396. The molecule has 0 aliphatic carbocycles. The first kappa shape index (κ1) is 12.9. The number of rotatable bonds is 4. The lowest BCUT2D eigenvalue weighted by atomic mass is 10.2. The molecule has 0 atom stereocenters. The molecule has 1 aromatic carbocycles. The molecule has 2 rings (SSSR count). The number of aromatic nitrogens is 1. The Morgan fingerprint density at radius 3 is 2.58 bits per heavy atom. The van der Waals surface area contributed by atoms with Crippen molar-refractivity contribution in [2.24, 2.45) is 0 Å². The predicted molar refractivity (Wildman–Crippen MR) is 74.1 cm³/mol. The van der Waals surface area contributed by atoms with E-state index in [0.29, 0.717) is 18.0 Å². The summed E-state index contributed by atoms with van der Waals surface area (Å²) in [4.78, 5) is 6.45. The zero-order chi connectivity index (χ0) is 13.7. The van der Waals surface area contributed by atoms with Crippen LogP contribution in [0.5, 0.6) is 5.88 Å². The molecule has 2 aromatic rings. The van der Waals surface area contributed by atoms with Crippen LogP contribution in [0.2, 0.25) is 0 Å². The Bertz CT molecular complexity index is 587. The van der Waals surface area contributed by atoms with Gasteiger partial charge in [-0.2, -0.15) is 5.26 Å². The quantitative estimate of drug-likeness (QED) is 0.840. The molecule has 19 heavy (non-hydrogen) atoms. The van der Waals surface area contributed by atoms with Crippen molar-refractivity contribution in [1.82, 2.24) is 4.98 Å². The highest BCUT2D eigenvalue weighted by atomic mass is 16.5. The number of methoxy groups -OCH3 is 1. The van der Waals surface area contributed by atoms with Gasteiger partial charge in [-0.15, -0.1) is 0 Å². The first-order chi connectivity index (χ1) is 9.22. The summed E-state index contributed by atoms with van der Waals surface area (Å²) >= 11 is 0. The number of anilines is 1. The highest BCUT2D eigenvalue weighted by molar-refractivity contribution is 5.49. The topological polar surface area (TPSA) is 49.1 Å². The Labute approximate surface area is 112 Å². The highest BCUT2D eigenvalue weighted by Gasteiger charge is 2.04. The minimum atomic E-state index is 0.616. The first-order valence-electron chi connectivity index (χ1n) is 5.94. The lowest BCUT2D eigenvalue weighted by Crippen LogP contribution is -2.17. The summed E-state index contributed by atoms with van der Waals surface area (Å²) in [6, 6.07) is 15.3. The van der Waals surface area contributed by atoms with E-state index < -0.39 is 0 Å². The molecule has 0 saturated carbocycles. The van der Waals surface area contributed by atoms with Crippen molar-refractivity contribution < 1.29 is 4.74 Å². The zero-order valence-corrected chi connectivity index (χ0v) is 11.0. The van der Waals surface area contributed by atoms with Gasteiger partial charge in [-0.25, -0.2) is 4.98 Å². The Hall–Kier alpha value is -2.54. The molecule has 0 unspecified atom stereocenters. The van der Waals surface area contributed by atoms with Crippen LogP contribution in [0.1, 0.15) is 11.3 Å². The Kier molecular flexibility index (Phi) is 3.99. The number of hydrogen-bond donors (Lipinski definition) is 0. The highest BCUT2D eigenvalue weighted by Crippen LogP contribution is 2.16. The van der Waals surface area contributed by atoms with E-state index in [1.807, 2.05) is 49.5 Å². The van der Waals surface area contributed by atoms with Crippen molar-refractivity contribution in [3.63, 3.8) is 0 Å². The van der Waals surface area contributed by atoms with Gasteiger partial charge in [0, 0.05) is 18.8 Å². The third-order valence-electron chi connectivity index (χ3n) is 2.83. The second-order valence-corrected chi connectivity index (χ2v) is 4.19. The van der Waals surface area contributed by atoms with Gasteiger partial charge in [-0.05, 0) is 30.3 Å². The molecule has 0 radical (unpaired) electrons. The first-order valence-corrected chi connectivity index (χ1v) is 5.94. The van der Waals surface area contributed by atoms with Gasteiger partial charge in [0.25, 0.3) is 0 Å². The van der Waals surface area contributed by atoms with Crippen LogP contribution >= 0.6 is 0 Å². The minimum absolute atomic E-state index is 0.616. The maximum atomic E-state index is 8.77. The number of hydrogen-bond acceptors (Lipinski definition) is 4. The van der Waals surface area contributed by atoms with Gasteiger partial charge < -0.3 is 9.64 Å².